The number of nitrogens with zero attached hydrogens (tertiary/aromatic N) is 5. The van der Waals surface area contributed by atoms with Gasteiger partial charge < -0.3 is 14.8 Å². The average Bonchev–Trinajstić information content (AvgIpc) is 3.58. The molecule has 3 aromatic heterocycles. The average molecular weight is 592 g/mol. The summed E-state index contributed by atoms with van der Waals surface area (Å²) < 4.78 is 14.7. The highest BCUT2D eigenvalue weighted by Gasteiger charge is 2.14. The molecule has 3 heterocycles. The molecule has 0 saturated carbocycles. The van der Waals surface area contributed by atoms with Crippen molar-refractivity contribution in [1.29, 1.82) is 0 Å². The van der Waals surface area contributed by atoms with Crippen molar-refractivity contribution in [2.75, 3.05) is 41.3 Å². The van der Waals surface area contributed by atoms with Gasteiger partial charge in [-0.15, -0.1) is 0 Å². The topological polar surface area (TPSA) is 76.7 Å². The minimum atomic E-state index is -0.238. The molecule has 0 aliphatic carbocycles. The summed E-state index contributed by atoms with van der Waals surface area (Å²) in [5, 5.41) is 9.22. The second-order valence-electron chi connectivity index (χ2n) is 12.0. The highest BCUT2D eigenvalue weighted by atomic mass is 19.1. The molecule has 228 valence electrons. The van der Waals surface area contributed by atoms with E-state index in [-0.39, 0.29) is 5.82 Å². The van der Waals surface area contributed by atoms with Gasteiger partial charge in [-0.3, -0.25) is 10.1 Å². The maximum absolute atomic E-state index is 14.7. The second-order valence-corrected chi connectivity index (χ2v) is 12.0. The van der Waals surface area contributed by atoms with Crippen molar-refractivity contribution in [3.05, 3.63) is 94.0 Å². The SMILES string of the molecule is C=c1c(-c2nc3c(-c4cc(F)cc(CCCN(C)C)c4)cccc3[nH]2)n[nH]/c1=C/C=C(\C)c1cncc(CCCN(C)C)c1. The molecule has 0 unspecified atom stereocenters. The first kappa shape index (κ1) is 31.0. The van der Waals surface area contributed by atoms with Crippen LogP contribution in [0.2, 0.25) is 0 Å². The van der Waals surface area contributed by atoms with Gasteiger partial charge in [0.1, 0.15) is 11.5 Å². The van der Waals surface area contributed by atoms with Crippen LogP contribution in [0, 0.1) is 5.82 Å². The first-order valence-corrected chi connectivity index (χ1v) is 15.1. The smallest absolute Gasteiger partial charge is 0.159 e. The van der Waals surface area contributed by atoms with Crippen LogP contribution in [0.4, 0.5) is 4.39 Å². The van der Waals surface area contributed by atoms with E-state index in [0.717, 1.165) is 88.2 Å². The number of benzene rings is 2. The molecule has 5 rings (SSSR count). The van der Waals surface area contributed by atoms with Gasteiger partial charge in [0.25, 0.3) is 0 Å². The second kappa shape index (κ2) is 13.9. The van der Waals surface area contributed by atoms with Gasteiger partial charge in [0, 0.05) is 23.2 Å². The van der Waals surface area contributed by atoms with Gasteiger partial charge in [-0.1, -0.05) is 30.9 Å². The molecule has 7 nitrogen and oxygen atoms in total. The Morgan fingerprint density at radius 3 is 2.45 bits per heavy atom. The monoisotopic (exact) mass is 591 g/mol. The molecular weight excluding hydrogens is 549 g/mol. The Morgan fingerprint density at radius 2 is 1.70 bits per heavy atom. The minimum Gasteiger partial charge on any atom is -0.337 e. The molecule has 0 aliphatic heterocycles. The van der Waals surface area contributed by atoms with Crippen LogP contribution in [-0.2, 0) is 12.8 Å². The Hall–Kier alpha value is -4.40. The zero-order valence-electron chi connectivity index (χ0n) is 26.4. The van der Waals surface area contributed by atoms with Gasteiger partial charge in [-0.25, -0.2) is 9.37 Å². The highest BCUT2D eigenvalue weighted by molar-refractivity contribution is 5.93. The number of allylic oxidation sites excluding steroid dienone is 2. The number of aromatic amines is 2. The van der Waals surface area contributed by atoms with E-state index < -0.39 is 0 Å². The maximum atomic E-state index is 14.7. The lowest BCUT2D eigenvalue weighted by molar-refractivity contribution is 0.400. The lowest BCUT2D eigenvalue weighted by Gasteiger charge is -2.10. The van der Waals surface area contributed by atoms with E-state index in [1.807, 2.05) is 50.8 Å². The summed E-state index contributed by atoms with van der Waals surface area (Å²) in [7, 11) is 8.29. The summed E-state index contributed by atoms with van der Waals surface area (Å²) in [4.78, 5) is 17.1. The van der Waals surface area contributed by atoms with E-state index >= 15 is 0 Å². The van der Waals surface area contributed by atoms with E-state index in [0.29, 0.717) is 11.5 Å². The lowest BCUT2D eigenvalue weighted by Crippen LogP contribution is -2.21. The molecule has 0 aliphatic rings. The molecule has 0 spiro atoms. The maximum Gasteiger partial charge on any atom is 0.159 e. The van der Waals surface area contributed by atoms with Gasteiger partial charge >= 0.3 is 0 Å². The molecule has 0 bridgehead atoms. The molecule has 0 fully saturated rings. The van der Waals surface area contributed by atoms with Crippen molar-refractivity contribution in [3.63, 3.8) is 0 Å². The number of H-pyrrole nitrogens is 2. The number of aromatic nitrogens is 5. The molecule has 0 amide bonds. The number of aryl methyl sites for hydroxylation is 2. The summed E-state index contributed by atoms with van der Waals surface area (Å²) >= 11 is 0. The third-order valence-electron chi connectivity index (χ3n) is 7.80. The number of imidazole rings is 1. The number of pyridine rings is 1. The summed E-state index contributed by atoms with van der Waals surface area (Å²) in [6, 6.07) is 13.4. The van der Waals surface area contributed by atoms with Crippen LogP contribution in [-0.4, -0.2) is 76.2 Å². The summed E-state index contributed by atoms with van der Waals surface area (Å²) in [6.07, 6.45) is 11.8. The zero-order chi connectivity index (χ0) is 31.2. The molecule has 5 aromatic rings. The normalized spacial score (nSPS) is 12.7. The minimum absolute atomic E-state index is 0.238. The molecule has 44 heavy (non-hydrogen) atoms. The van der Waals surface area contributed by atoms with Gasteiger partial charge in [-0.05, 0) is 132 Å². The Kier molecular flexibility index (Phi) is 9.82. The first-order chi connectivity index (χ1) is 21.2. The number of nitrogens with one attached hydrogen (secondary N) is 2. The highest BCUT2D eigenvalue weighted by Crippen LogP contribution is 2.30. The van der Waals surface area contributed by atoms with E-state index in [9.17, 15) is 4.39 Å². The fraction of sp³-hybridized carbons (Fsp3) is 0.306. The molecule has 2 aromatic carbocycles. The molecule has 0 saturated heterocycles. The van der Waals surface area contributed by atoms with Gasteiger partial charge in [0.15, 0.2) is 5.82 Å². The van der Waals surface area contributed by atoms with Gasteiger partial charge in [0.05, 0.1) is 16.4 Å². The van der Waals surface area contributed by atoms with Crippen molar-refractivity contribution in [1.82, 2.24) is 34.9 Å². The number of hydrogen-bond donors (Lipinski definition) is 2. The van der Waals surface area contributed by atoms with Crippen molar-refractivity contribution < 1.29 is 4.39 Å². The third kappa shape index (κ3) is 7.56. The largest absolute Gasteiger partial charge is 0.337 e. The van der Waals surface area contributed by atoms with Crippen LogP contribution >= 0.6 is 0 Å². The molecule has 2 N–H and O–H groups in total. The number of para-hydroxylation sites is 1. The lowest BCUT2D eigenvalue weighted by atomic mass is 9.99. The zero-order valence-corrected chi connectivity index (χ0v) is 26.4. The van der Waals surface area contributed by atoms with Gasteiger partial charge in [-0.2, -0.15) is 5.10 Å². The quantitative estimate of drug-likeness (QED) is 0.202. The molecule has 0 atom stereocenters. The van der Waals surface area contributed by atoms with Crippen molar-refractivity contribution >= 4 is 29.3 Å². The summed E-state index contributed by atoms with van der Waals surface area (Å²) in [5.41, 5.74) is 8.39. The van der Waals surface area contributed by atoms with Crippen LogP contribution in [0.5, 0.6) is 0 Å². The van der Waals surface area contributed by atoms with Crippen molar-refractivity contribution in [2.45, 2.75) is 32.6 Å². The van der Waals surface area contributed by atoms with E-state index in [4.69, 9.17) is 4.98 Å². The summed E-state index contributed by atoms with van der Waals surface area (Å²) in [5.74, 6) is 0.379. The van der Waals surface area contributed by atoms with Gasteiger partial charge in [0.2, 0.25) is 0 Å². The first-order valence-electron chi connectivity index (χ1n) is 15.1. The number of hydrogen-bond acceptors (Lipinski definition) is 5. The fourth-order valence-electron chi connectivity index (χ4n) is 5.38. The number of halogens is 1. The van der Waals surface area contributed by atoms with E-state index in [2.05, 4.69) is 75.8 Å². The third-order valence-corrected chi connectivity index (χ3v) is 7.80. The van der Waals surface area contributed by atoms with E-state index in [1.54, 1.807) is 12.1 Å². The molecule has 8 heteroatoms. The Bertz CT molecular complexity index is 1880. The van der Waals surface area contributed by atoms with Crippen LogP contribution in [0.25, 0.3) is 51.9 Å². The van der Waals surface area contributed by atoms with E-state index in [1.165, 1.54) is 5.56 Å². The number of fused-ring (bicyclic) bond motifs is 1. The summed E-state index contributed by atoms with van der Waals surface area (Å²) in [6.45, 7) is 8.39. The number of rotatable bonds is 12. The Labute approximate surface area is 258 Å². The Morgan fingerprint density at radius 1 is 0.955 bits per heavy atom. The van der Waals surface area contributed by atoms with Crippen LogP contribution < -0.4 is 10.6 Å². The standard InChI is InChI=1S/C36H42FN7/c1-24(29-19-27(22-38-23-29)11-9-17-44(5)6)14-15-32-25(2)34(42-41-32)36-39-33-13-7-12-31(35(33)40-36)28-18-26(20-30(37)21-28)10-8-16-43(3)4/h7,12-15,18-23,41H,2,8-11,16-17H2,1,3-6H3,(H,39,40)/b24-14+,32-15+. The van der Waals surface area contributed by atoms with Crippen LogP contribution in [0.15, 0.2) is 60.9 Å². The molecule has 0 radical (unpaired) electrons. The Balaban J connectivity index is 1.40. The predicted octanol–water partition coefficient (Wildman–Crippen LogP) is 5.44. The van der Waals surface area contributed by atoms with Crippen LogP contribution in [0.3, 0.4) is 0 Å². The van der Waals surface area contributed by atoms with Crippen LogP contribution in [0.1, 0.15) is 36.5 Å². The fourth-order valence-corrected chi connectivity index (χ4v) is 5.38. The van der Waals surface area contributed by atoms with Crippen molar-refractivity contribution in [2.24, 2.45) is 0 Å². The van der Waals surface area contributed by atoms with Crippen molar-refractivity contribution in [3.8, 4) is 22.6 Å². The molecular formula is C36H42FN7. The predicted molar refractivity (Wildman–Crippen MR) is 180 cm³/mol.